The highest BCUT2D eigenvalue weighted by atomic mass is 32.2. The molecule has 1 aromatic carbocycles. The highest BCUT2D eigenvalue weighted by Crippen LogP contribution is 2.33. The quantitative estimate of drug-likeness (QED) is 0.819. The van der Waals surface area contributed by atoms with E-state index >= 15 is 0 Å². The number of hydrogen-bond donors (Lipinski definition) is 1. The van der Waals surface area contributed by atoms with Crippen molar-refractivity contribution >= 4 is 10.8 Å². The van der Waals surface area contributed by atoms with Crippen LogP contribution in [0.2, 0.25) is 0 Å². The van der Waals surface area contributed by atoms with Crippen LogP contribution < -0.4 is 0 Å². The van der Waals surface area contributed by atoms with Crippen LogP contribution >= 0.6 is 0 Å². The molecule has 1 unspecified atom stereocenters. The van der Waals surface area contributed by atoms with E-state index in [2.05, 4.69) is 4.74 Å². The fourth-order valence-electron chi connectivity index (χ4n) is 1.45. The molecule has 118 valence electrons. The molecule has 0 aliphatic rings. The molecule has 7 heteroatoms. The molecule has 0 spiro atoms. The van der Waals surface area contributed by atoms with E-state index < -0.39 is 28.3 Å². The van der Waals surface area contributed by atoms with E-state index in [0.717, 1.165) is 11.8 Å². The number of rotatable bonds is 6. The highest BCUT2D eigenvalue weighted by Gasteiger charge is 2.53. The zero-order chi connectivity index (χ0) is 16.1. The molecular formula is C14H17F3O3S. The third-order valence-corrected chi connectivity index (χ3v) is 4.23. The third kappa shape index (κ3) is 4.86. The van der Waals surface area contributed by atoms with Gasteiger partial charge in [0.05, 0.1) is 29.4 Å². The van der Waals surface area contributed by atoms with Crippen LogP contribution in [-0.4, -0.2) is 33.5 Å². The minimum atomic E-state index is -4.94. The molecule has 0 fully saturated rings. The summed E-state index contributed by atoms with van der Waals surface area (Å²) in [5.41, 5.74) is -2.30. The molecule has 1 rings (SSSR count). The van der Waals surface area contributed by atoms with Gasteiger partial charge in [0.2, 0.25) is 0 Å². The molecule has 0 bridgehead atoms. The summed E-state index contributed by atoms with van der Waals surface area (Å²) in [4.78, 5) is 0.230. The van der Waals surface area contributed by atoms with E-state index in [1.165, 1.54) is 12.1 Å². The van der Waals surface area contributed by atoms with Crippen LogP contribution in [0.25, 0.3) is 0 Å². The molecule has 0 aliphatic carbocycles. The van der Waals surface area contributed by atoms with Gasteiger partial charge in [-0.05, 0) is 32.1 Å². The lowest BCUT2D eigenvalue weighted by molar-refractivity contribution is -0.231. The largest absolute Gasteiger partial charge is 0.502 e. The number of benzene rings is 1. The molecule has 0 saturated carbocycles. The maximum absolute atomic E-state index is 13.0. The van der Waals surface area contributed by atoms with Crippen molar-refractivity contribution in [2.24, 2.45) is 0 Å². The van der Waals surface area contributed by atoms with E-state index in [4.69, 9.17) is 0 Å². The van der Waals surface area contributed by atoms with Crippen LogP contribution in [0.1, 0.15) is 12.5 Å². The summed E-state index contributed by atoms with van der Waals surface area (Å²) < 4.78 is 55.7. The van der Waals surface area contributed by atoms with Crippen LogP contribution in [0.5, 0.6) is 0 Å². The summed E-state index contributed by atoms with van der Waals surface area (Å²) in [6.45, 7) is 3.58. The Bertz CT molecular complexity index is 511. The van der Waals surface area contributed by atoms with Crippen molar-refractivity contribution in [3.63, 3.8) is 0 Å². The average Bonchev–Trinajstić information content (AvgIpc) is 2.38. The number of halogens is 3. The summed E-state index contributed by atoms with van der Waals surface area (Å²) in [6, 6.07) is 6.26. The van der Waals surface area contributed by atoms with Gasteiger partial charge in [0.25, 0.3) is 0 Å². The van der Waals surface area contributed by atoms with E-state index in [0.29, 0.717) is 6.08 Å². The lowest BCUT2D eigenvalue weighted by Gasteiger charge is -2.26. The highest BCUT2D eigenvalue weighted by molar-refractivity contribution is 7.85. The molecule has 21 heavy (non-hydrogen) atoms. The molecule has 0 aliphatic heterocycles. The first kappa shape index (κ1) is 17.7. The van der Waals surface area contributed by atoms with Crippen molar-refractivity contribution in [1.82, 2.24) is 0 Å². The van der Waals surface area contributed by atoms with E-state index in [9.17, 15) is 22.5 Å². The SMILES string of the molecule is CCO/C=C/[C@@](O)(CS(=O)c1ccc(C)cc1)C(F)(F)F. The van der Waals surface area contributed by atoms with Gasteiger partial charge in [0, 0.05) is 4.90 Å². The number of alkyl halides is 3. The molecule has 2 atom stereocenters. The van der Waals surface area contributed by atoms with E-state index in [-0.39, 0.29) is 11.5 Å². The van der Waals surface area contributed by atoms with Crippen LogP contribution in [0.3, 0.4) is 0 Å². The fraction of sp³-hybridized carbons (Fsp3) is 0.429. The second kappa shape index (κ2) is 7.09. The summed E-state index contributed by atoms with van der Waals surface area (Å²) in [6.07, 6.45) is -3.68. The molecule has 0 amide bonds. The standard InChI is InChI=1S/C14H17F3O3S/c1-3-20-9-8-13(18,14(15,16)17)10-21(19)12-6-4-11(2)5-7-12/h4-9,18H,3,10H2,1-2H3/b9-8+/t13-,21?/m1/s1. The number of ether oxygens (including phenoxy) is 1. The first-order valence-electron chi connectivity index (χ1n) is 6.23. The lowest BCUT2D eigenvalue weighted by atomic mass is 10.1. The minimum absolute atomic E-state index is 0.172. The van der Waals surface area contributed by atoms with Gasteiger partial charge in [-0.15, -0.1) is 0 Å². The maximum atomic E-state index is 13.0. The van der Waals surface area contributed by atoms with Gasteiger partial charge >= 0.3 is 6.18 Å². The molecule has 0 saturated heterocycles. The first-order valence-corrected chi connectivity index (χ1v) is 7.55. The zero-order valence-electron chi connectivity index (χ0n) is 11.7. The number of aryl methyl sites for hydroxylation is 1. The number of hydrogen-bond acceptors (Lipinski definition) is 3. The normalized spacial score (nSPS) is 16.7. The minimum Gasteiger partial charge on any atom is -0.502 e. The summed E-state index contributed by atoms with van der Waals surface area (Å²) >= 11 is 0. The Morgan fingerprint density at radius 3 is 2.33 bits per heavy atom. The van der Waals surface area contributed by atoms with Crippen molar-refractivity contribution in [3.8, 4) is 0 Å². The molecule has 1 N–H and O–H groups in total. The van der Waals surface area contributed by atoms with Gasteiger partial charge < -0.3 is 9.84 Å². The fourth-order valence-corrected chi connectivity index (χ4v) is 2.72. The molecule has 0 heterocycles. The van der Waals surface area contributed by atoms with Crippen LogP contribution in [-0.2, 0) is 15.5 Å². The van der Waals surface area contributed by atoms with Gasteiger partial charge in [0.1, 0.15) is 0 Å². The predicted octanol–water partition coefficient (Wildman–Crippen LogP) is 2.95. The zero-order valence-corrected chi connectivity index (χ0v) is 12.5. The van der Waals surface area contributed by atoms with Gasteiger partial charge in [0.15, 0.2) is 5.60 Å². The van der Waals surface area contributed by atoms with Gasteiger partial charge in [-0.2, -0.15) is 13.2 Å². The Morgan fingerprint density at radius 2 is 1.86 bits per heavy atom. The topological polar surface area (TPSA) is 46.5 Å². The Morgan fingerprint density at radius 1 is 1.29 bits per heavy atom. The van der Waals surface area contributed by atoms with Crippen molar-refractivity contribution in [1.29, 1.82) is 0 Å². The molecule has 1 aromatic rings. The van der Waals surface area contributed by atoms with Crippen LogP contribution in [0.4, 0.5) is 13.2 Å². The van der Waals surface area contributed by atoms with Gasteiger partial charge in [-0.3, -0.25) is 4.21 Å². The Kier molecular flexibility index (Phi) is 5.98. The third-order valence-electron chi connectivity index (χ3n) is 2.73. The lowest BCUT2D eigenvalue weighted by Crippen LogP contribution is -2.47. The smallest absolute Gasteiger partial charge is 0.421 e. The van der Waals surface area contributed by atoms with Crippen molar-refractivity contribution < 1.29 is 27.2 Å². The predicted molar refractivity (Wildman–Crippen MR) is 74.2 cm³/mol. The van der Waals surface area contributed by atoms with E-state index in [1.54, 1.807) is 19.1 Å². The Labute approximate surface area is 123 Å². The molecule has 0 aromatic heterocycles. The summed E-state index contributed by atoms with van der Waals surface area (Å²) in [5, 5.41) is 9.78. The maximum Gasteiger partial charge on any atom is 0.421 e. The average molecular weight is 322 g/mol. The summed E-state index contributed by atoms with van der Waals surface area (Å²) in [7, 11) is -1.99. The monoisotopic (exact) mass is 322 g/mol. The molecular weight excluding hydrogens is 305 g/mol. The van der Waals surface area contributed by atoms with Crippen molar-refractivity contribution in [3.05, 3.63) is 42.2 Å². The van der Waals surface area contributed by atoms with Crippen LogP contribution in [0, 0.1) is 6.92 Å². The van der Waals surface area contributed by atoms with Gasteiger partial charge in [-0.25, -0.2) is 0 Å². The second-order valence-electron chi connectivity index (χ2n) is 4.48. The van der Waals surface area contributed by atoms with Crippen molar-refractivity contribution in [2.75, 3.05) is 12.4 Å². The number of aliphatic hydroxyl groups is 1. The first-order chi connectivity index (χ1) is 9.69. The van der Waals surface area contributed by atoms with E-state index in [1.807, 2.05) is 6.92 Å². The Balaban J connectivity index is 2.96. The summed E-state index contributed by atoms with van der Waals surface area (Å²) in [5.74, 6) is -0.983. The Hall–Kier alpha value is -1.34. The molecule has 3 nitrogen and oxygen atoms in total. The van der Waals surface area contributed by atoms with Gasteiger partial charge in [-0.1, -0.05) is 17.7 Å². The second-order valence-corrected chi connectivity index (χ2v) is 5.93. The van der Waals surface area contributed by atoms with Crippen LogP contribution in [0.15, 0.2) is 41.5 Å². The van der Waals surface area contributed by atoms with Crippen molar-refractivity contribution in [2.45, 2.75) is 30.5 Å². The molecule has 0 radical (unpaired) electrons.